The zero-order chi connectivity index (χ0) is 20.3. The first kappa shape index (κ1) is 19.4. The molecule has 0 bridgehead atoms. The molecule has 0 aliphatic heterocycles. The van der Waals surface area contributed by atoms with Crippen molar-refractivity contribution >= 4 is 38.4 Å². The molecule has 0 spiro atoms. The zero-order valence-electron chi connectivity index (χ0n) is 15.1. The van der Waals surface area contributed by atoms with Crippen LogP contribution in [-0.4, -0.2) is 34.6 Å². The lowest BCUT2D eigenvalue weighted by molar-refractivity contribution is 0.0587. The van der Waals surface area contributed by atoms with Gasteiger partial charge in [-0.05, 0) is 41.1 Å². The average Bonchev–Trinajstić information content (AvgIpc) is 2.71. The normalized spacial score (nSPS) is 11.1. The fourth-order valence-electron chi connectivity index (χ4n) is 2.70. The molecular weight excluding hydrogens is 382 g/mol. The van der Waals surface area contributed by atoms with Crippen LogP contribution in [0.1, 0.15) is 20.7 Å². The van der Waals surface area contributed by atoms with Gasteiger partial charge in [-0.25, -0.2) is 18.0 Å². The predicted molar refractivity (Wildman–Crippen MR) is 104 cm³/mol. The van der Waals surface area contributed by atoms with Crippen LogP contribution in [0.15, 0.2) is 65.6 Å². The van der Waals surface area contributed by atoms with Gasteiger partial charge < -0.3 is 9.47 Å². The zero-order valence-corrected chi connectivity index (χ0v) is 15.9. The molecule has 7 nitrogen and oxygen atoms in total. The Kier molecular flexibility index (Phi) is 5.32. The van der Waals surface area contributed by atoms with Gasteiger partial charge >= 0.3 is 11.9 Å². The number of benzene rings is 3. The van der Waals surface area contributed by atoms with Crippen molar-refractivity contribution in [1.82, 2.24) is 0 Å². The first-order valence-corrected chi connectivity index (χ1v) is 9.66. The van der Waals surface area contributed by atoms with E-state index >= 15 is 0 Å². The molecule has 0 aromatic heterocycles. The maximum Gasteiger partial charge on any atom is 0.339 e. The lowest BCUT2D eigenvalue weighted by atomic mass is 10.1. The highest BCUT2D eigenvalue weighted by Gasteiger charge is 2.21. The molecule has 0 amide bonds. The number of carbonyl (C=O) groups is 2. The summed E-state index contributed by atoms with van der Waals surface area (Å²) in [4.78, 5) is 23.8. The smallest absolute Gasteiger partial charge is 0.339 e. The Morgan fingerprint density at radius 3 is 2.18 bits per heavy atom. The van der Waals surface area contributed by atoms with E-state index < -0.39 is 22.0 Å². The number of sulfonamides is 1. The summed E-state index contributed by atoms with van der Waals surface area (Å²) in [6.07, 6.45) is 0. The van der Waals surface area contributed by atoms with Crippen LogP contribution in [0.2, 0.25) is 0 Å². The molecule has 3 aromatic rings. The molecule has 1 N–H and O–H groups in total. The average molecular weight is 399 g/mol. The third-order valence-electron chi connectivity index (χ3n) is 4.12. The Hall–Kier alpha value is -3.39. The number of hydrogen-bond donors (Lipinski definition) is 1. The Morgan fingerprint density at radius 1 is 0.821 bits per heavy atom. The highest BCUT2D eigenvalue weighted by molar-refractivity contribution is 7.92. The van der Waals surface area contributed by atoms with Gasteiger partial charge in [-0.3, -0.25) is 4.72 Å². The third kappa shape index (κ3) is 3.81. The Balaban J connectivity index is 2.06. The summed E-state index contributed by atoms with van der Waals surface area (Å²) in [5.74, 6) is -1.41. The van der Waals surface area contributed by atoms with Gasteiger partial charge in [0.2, 0.25) is 0 Å². The first-order valence-electron chi connectivity index (χ1n) is 8.18. The van der Waals surface area contributed by atoms with E-state index in [1.165, 1.54) is 44.6 Å². The predicted octanol–water partition coefficient (Wildman–Crippen LogP) is 3.21. The summed E-state index contributed by atoms with van der Waals surface area (Å²) in [5, 5.41) is 1.64. The molecule has 0 saturated heterocycles. The van der Waals surface area contributed by atoms with Crippen LogP contribution in [0.25, 0.3) is 10.8 Å². The van der Waals surface area contributed by atoms with Crippen LogP contribution in [0.4, 0.5) is 5.69 Å². The van der Waals surface area contributed by atoms with Crippen LogP contribution in [0, 0.1) is 0 Å². The lowest BCUT2D eigenvalue weighted by Crippen LogP contribution is -2.17. The number of anilines is 1. The van der Waals surface area contributed by atoms with E-state index in [-0.39, 0.29) is 21.7 Å². The molecular formula is C20H17NO6S. The Labute approximate surface area is 161 Å². The number of carbonyl (C=O) groups excluding carboxylic acids is 2. The van der Waals surface area contributed by atoms with Crippen LogP contribution in [0.5, 0.6) is 0 Å². The van der Waals surface area contributed by atoms with Crippen LogP contribution >= 0.6 is 0 Å². The quantitative estimate of drug-likeness (QED) is 0.662. The largest absolute Gasteiger partial charge is 0.465 e. The van der Waals surface area contributed by atoms with E-state index in [0.717, 1.165) is 10.8 Å². The SMILES string of the molecule is COC(=O)c1ccc(C(=O)OC)c(NS(=O)(=O)c2ccc3ccccc3c2)c1. The van der Waals surface area contributed by atoms with Gasteiger partial charge in [-0.1, -0.05) is 30.3 Å². The number of nitrogens with one attached hydrogen (secondary N) is 1. The van der Waals surface area contributed by atoms with Gasteiger partial charge in [-0.2, -0.15) is 0 Å². The lowest BCUT2D eigenvalue weighted by Gasteiger charge is -2.13. The molecule has 8 heteroatoms. The third-order valence-corrected chi connectivity index (χ3v) is 5.48. The van der Waals surface area contributed by atoms with Crippen LogP contribution in [0.3, 0.4) is 0 Å². The van der Waals surface area contributed by atoms with Gasteiger partial charge in [0.1, 0.15) is 0 Å². The Morgan fingerprint density at radius 2 is 1.50 bits per heavy atom. The van der Waals surface area contributed by atoms with Crippen LogP contribution < -0.4 is 4.72 Å². The van der Waals surface area contributed by atoms with Gasteiger partial charge in [0, 0.05) is 0 Å². The molecule has 0 fully saturated rings. The molecule has 0 aliphatic carbocycles. The summed E-state index contributed by atoms with van der Waals surface area (Å²) in [7, 11) is -1.65. The second-order valence-electron chi connectivity index (χ2n) is 5.86. The van der Waals surface area contributed by atoms with E-state index in [0.29, 0.717) is 0 Å². The van der Waals surface area contributed by atoms with Crippen molar-refractivity contribution in [2.24, 2.45) is 0 Å². The molecule has 3 rings (SSSR count). The maximum atomic E-state index is 12.9. The van der Waals surface area contributed by atoms with Crippen molar-refractivity contribution in [3.63, 3.8) is 0 Å². The standard InChI is InChI=1S/C20H17NO6S/c1-26-19(22)15-8-10-17(20(23)27-2)18(12-15)21-28(24,25)16-9-7-13-5-3-4-6-14(13)11-16/h3-12,21H,1-2H3. The minimum Gasteiger partial charge on any atom is -0.465 e. The van der Waals surface area contributed by atoms with Crippen molar-refractivity contribution in [2.75, 3.05) is 18.9 Å². The van der Waals surface area contributed by atoms with Crippen molar-refractivity contribution < 1.29 is 27.5 Å². The van der Waals surface area contributed by atoms with Gasteiger partial charge in [0.15, 0.2) is 0 Å². The highest BCUT2D eigenvalue weighted by atomic mass is 32.2. The highest BCUT2D eigenvalue weighted by Crippen LogP contribution is 2.25. The number of rotatable bonds is 5. The first-order chi connectivity index (χ1) is 13.4. The Bertz CT molecular complexity index is 1170. The van der Waals surface area contributed by atoms with E-state index in [4.69, 9.17) is 4.74 Å². The fourth-order valence-corrected chi connectivity index (χ4v) is 3.81. The van der Waals surface area contributed by atoms with Crippen molar-refractivity contribution in [2.45, 2.75) is 4.90 Å². The van der Waals surface area contributed by atoms with Crippen molar-refractivity contribution in [3.05, 3.63) is 71.8 Å². The number of esters is 2. The van der Waals surface area contributed by atoms with E-state index in [1.54, 1.807) is 18.2 Å². The second-order valence-corrected chi connectivity index (χ2v) is 7.54. The minimum atomic E-state index is -4.03. The van der Waals surface area contributed by atoms with Gasteiger partial charge in [-0.15, -0.1) is 0 Å². The van der Waals surface area contributed by atoms with E-state index in [1.807, 2.05) is 12.1 Å². The molecule has 28 heavy (non-hydrogen) atoms. The monoisotopic (exact) mass is 399 g/mol. The molecule has 0 heterocycles. The second kappa shape index (κ2) is 7.69. The van der Waals surface area contributed by atoms with E-state index in [2.05, 4.69) is 9.46 Å². The summed E-state index contributed by atoms with van der Waals surface area (Å²) in [6, 6.07) is 15.9. The minimum absolute atomic E-state index is 0.0190. The molecule has 0 saturated carbocycles. The summed E-state index contributed by atoms with van der Waals surface area (Å²) in [6.45, 7) is 0. The molecule has 0 radical (unpaired) electrons. The number of hydrogen-bond acceptors (Lipinski definition) is 6. The summed E-state index contributed by atoms with van der Waals surface area (Å²) in [5.41, 5.74) is -0.0196. The summed E-state index contributed by atoms with van der Waals surface area (Å²) >= 11 is 0. The molecule has 0 unspecified atom stereocenters. The van der Waals surface area contributed by atoms with Crippen molar-refractivity contribution in [1.29, 1.82) is 0 Å². The molecule has 0 aliphatic rings. The van der Waals surface area contributed by atoms with Crippen molar-refractivity contribution in [3.8, 4) is 0 Å². The molecule has 3 aromatic carbocycles. The molecule has 144 valence electrons. The molecule has 0 atom stereocenters. The fraction of sp³-hybridized carbons (Fsp3) is 0.100. The number of ether oxygens (including phenoxy) is 2. The van der Waals surface area contributed by atoms with E-state index in [9.17, 15) is 18.0 Å². The number of methoxy groups -OCH3 is 2. The van der Waals surface area contributed by atoms with Gasteiger partial charge in [0.05, 0.1) is 35.9 Å². The topological polar surface area (TPSA) is 98.8 Å². The summed E-state index contributed by atoms with van der Waals surface area (Å²) < 4.78 is 37.5. The number of fused-ring (bicyclic) bond motifs is 1. The van der Waals surface area contributed by atoms with Gasteiger partial charge in [0.25, 0.3) is 10.0 Å². The maximum absolute atomic E-state index is 12.9. The van der Waals surface area contributed by atoms with Crippen LogP contribution in [-0.2, 0) is 19.5 Å².